The van der Waals surface area contributed by atoms with E-state index in [1.807, 2.05) is 81.4 Å². The van der Waals surface area contributed by atoms with E-state index in [1.165, 1.54) is 12.0 Å². The molecule has 0 spiro atoms. The molecule has 4 atom stereocenters. The average molecular weight is 581 g/mol. The highest BCUT2D eigenvalue weighted by Crippen LogP contribution is 2.26. The number of benzene rings is 2. The number of likely N-dealkylation sites (tertiary alicyclic amines) is 2. The zero-order valence-electron chi connectivity index (χ0n) is 25.2. The third kappa shape index (κ3) is 9.06. The molecule has 2 saturated heterocycles. The normalized spacial score (nSPS) is 21.8. The molecule has 4 unspecified atom stereocenters. The van der Waals surface area contributed by atoms with E-state index in [0.717, 1.165) is 36.8 Å². The maximum atomic E-state index is 12.3. The number of hydrogen-bond acceptors (Lipinski definition) is 7. The minimum Gasteiger partial charge on any atom is -0.467 e. The summed E-state index contributed by atoms with van der Waals surface area (Å²) < 4.78 is 15.5. The SMILES string of the molecule is CCC(=O)C1C(C)CCCN1C(=O)OCc1ccccc1.COC(=O)C1C(C)CCCN1C(=O)OCc1ccccc1. The molecule has 2 fully saturated rings. The molecule has 228 valence electrons. The van der Waals surface area contributed by atoms with Crippen LogP contribution in [0, 0.1) is 11.8 Å². The third-order valence-electron chi connectivity index (χ3n) is 7.87. The molecule has 0 aromatic heterocycles. The Kier molecular flexibility index (Phi) is 12.8. The number of rotatable bonds is 7. The van der Waals surface area contributed by atoms with Crippen molar-refractivity contribution in [3.05, 3.63) is 71.8 Å². The Balaban J connectivity index is 0.000000230. The van der Waals surface area contributed by atoms with Crippen LogP contribution in [-0.2, 0) is 37.0 Å². The Hall–Kier alpha value is -3.88. The van der Waals surface area contributed by atoms with Crippen molar-refractivity contribution < 1.29 is 33.4 Å². The molecule has 2 aromatic carbocycles. The molecule has 0 aliphatic carbocycles. The molecular formula is C33H44N2O7. The van der Waals surface area contributed by atoms with E-state index in [9.17, 15) is 19.2 Å². The quantitative estimate of drug-likeness (QED) is 0.292. The van der Waals surface area contributed by atoms with Gasteiger partial charge in [0.1, 0.15) is 19.3 Å². The number of ketones is 1. The Labute approximate surface area is 249 Å². The van der Waals surface area contributed by atoms with Crippen LogP contribution in [0.15, 0.2) is 60.7 Å². The Bertz CT molecular complexity index is 1070. The Morgan fingerprint density at radius 2 is 1.14 bits per heavy atom. The van der Waals surface area contributed by atoms with Crippen LogP contribution >= 0.6 is 0 Å². The minimum atomic E-state index is -0.549. The molecular weight excluding hydrogens is 536 g/mol. The van der Waals surface area contributed by atoms with E-state index < -0.39 is 12.1 Å². The van der Waals surface area contributed by atoms with Gasteiger partial charge in [-0.1, -0.05) is 81.4 Å². The summed E-state index contributed by atoms with van der Waals surface area (Å²) >= 11 is 0. The molecule has 4 rings (SSSR count). The van der Waals surface area contributed by atoms with Crippen molar-refractivity contribution in [1.82, 2.24) is 9.80 Å². The standard InChI is InChI=1S/C17H23NO3.C16H21NO4/c1-3-15(19)16-13(2)8-7-11-18(16)17(20)21-12-14-9-5-4-6-10-14;1-12-7-6-10-17(14(12)15(18)20-2)16(19)21-11-13-8-4-3-5-9-13/h4-6,9-10,13,16H,3,7-8,11-12H2,1-2H3;3-5,8-9,12,14H,6-7,10-11H2,1-2H3. The topological polar surface area (TPSA) is 102 Å². The predicted octanol–water partition coefficient (Wildman–Crippen LogP) is 6.00. The van der Waals surface area contributed by atoms with E-state index in [-0.39, 0.29) is 48.9 Å². The smallest absolute Gasteiger partial charge is 0.410 e. The molecule has 2 aliphatic rings. The van der Waals surface area contributed by atoms with Gasteiger partial charge in [0.15, 0.2) is 5.78 Å². The molecule has 9 heteroatoms. The highest BCUT2D eigenvalue weighted by molar-refractivity contribution is 5.87. The lowest BCUT2D eigenvalue weighted by molar-refractivity contribution is -0.149. The van der Waals surface area contributed by atoms with Crippen LogP contribution in [0.3, 0.4) is 0 Å². The fourth-order valence-corrected chi connectivity index (χ4v) is 5.57. The predicted molar refractivity (Wildman–Crippen MR) is 158 cm³/mol. The maximum absolute atomic E-state index is 12.3. The summed E-state index contributed by atoms with van der Waals surface area (Å²) in [6.07, 6.45) is 3.31. The van der Waals surface area contributed by atoms with E-state index in [1.54, 1.807) is 4.90 Å². The first-order valence-electron chi connectivity index (χ1n) is 14.8. The van der Waals surface area contributed by atoms with Crippen molar-refractivity contribution in [1.29, 1.82) is 0 Å². The lowest BCUT2D eigenvalue weighted by Crippen LogP contribution is -2.52. The number of methoxy groups -OCH3 is 1. The van der Waals surface area contributed by atoms with Crippen molar-refractivity contribution in [2.75, 3.05) is 20.2 Å². The number of hydrogen-bond donors (Lipinski definition) is 0. The molecule has 9 nitrogen and oxygen atoms in total. The zero-order chi connectivity index (χ0) is 30.5. The van der Waals surface area contributed by atoms with Gasteiger partial charge in [0, 0.05) is 19.5 Å². The second-order valence-corrected chi connectivity index (χ2v) is 10.9. The highest BCUT2D eigenvalue weighted by atomic mass is 16.6. The first kappa shape index (κ1) is 32.6. The first-order valence-corrected chi connectivity index (χ1v) is 14.8. The Morgan fingerprint density at radius 3 is 1.57 bits per heavy atom. The van der Waals surface area contributed by atoms with Crippen molar-refractivity contribution in [2.24, 2.45) is 11.8 Å². The van der Waals surface area contributed by atoms with Crippen LogP contribution < -0.4 is 0 Å². The third-order valence-corrected chi connectivity index (χ3v) is 7.87. The lowest BCUT2D eigenvalue weighted by atomic mass is 9.87. The number of amides is 2. The van der Waals surface area contributed by atoms with Gasteiger partial charge in [0.2, 0.25) is 0 Å². The lowest BCUT2D eigenvalue weighted by Gasteiger charge is -2.38. The number of nitrogens with zero attached hydrogens (tertiary/aromatic N) is 2. The van der Waals surface area contributed by atoms with Gasteiger partial charge in [-0.2, -0.15) is 0 Å². The summed E-state index contributed by atoms with van der Waals surface area (Å²) in [5, 5.41) is 0. The van der Waals surface area contributed by atoms with Gasteiger partial charge in [-0.05, 0) is 48.6 Å². The molecule has 2 heterocycles. The second kappa shape index (κ2) is 16.5. The Morgan fingerprint density at radius 1 is 0.714 bits per heavy atom. The van der Waals surface area contributed by atoms with Crippen molar-refractivity contribution in [2.45, 2.75) is 78.2 Å². The van der Waals surface area contributed by atoms with Gasteiger partial charge in [0.05, 0.1) is 13.2 Å². The fourth-order valence-electron chi connectivity index (χ4n) is 5.57. The summed E-state index contributed by atoms with van der Waals surface area (Å²) in [6, 6.07) is 18.2. The van der Waals surface area contributed by atoms with E-state index in [2.05, 4.69) is 0 Å². The van der Waals surface area contributed by atoms with Gasteiger partial charge in [-0.25, -0.2) is 14.4 Å². The van der Waals surface area contributed by atoms with Crippen molar-refractivity contribution in [3.63, 3.8) is 0 Å². The monoisotopic (exact) mass is 580 g/mol. The highest BCUT2D eigenvalue weighted by Gasteiger charge is 2.39. The fraction of sp³-hybridized carbons (Fsp3) is 0.515. The largest absolute Gasteiger partial charge is 0.467 e. The summed E-state index contributed by atoms with van der Waals surface area (Å²) in [4.78, 5) is 51.7. The van der Waals surface area contributed by atoms with E-state index in [0.29, 0.717) is 19.5 Å². The summed E-state index contributed by atoms with van der Waals surface area (Å²) in [5.74, 6) is 0.0312. The summed E-state index contributed by atoms with van der Waals surface area (Å²) in [7, 11) is 1.34. The molecule has 0 radical (unpaired) electrons. The van der Waals surface area contributed by atoms with Crippen LogP contribution in [0.4, 0.5) is 9.59 Å². The number of carbonyl (C=O) groups excluding carboxylic acids is 4. The van der Waals surface area contributed by atoms with Crippen molar-refractivity contribution >= 4 is 23.9 Å². The number of carbonyl (C=O) groups is 4. The van der Waals surface area contributed by atoms with Gasteiger partial charge in [0.25, 0.3) is 0 Å². The van der Waals surface area contributed by atoms with E-state index in [4.69, 9.17) is 14.2 Å². The van der Waals surface area contributed by atoms with Crippen LogP contribution in [-0.4, -0.2) is 66.0 Å². The van der Waals surface area contributed by atoms with Crippen LogP contribution in [0.25, 0.3) is 0 Å². The van der Waals surface area contributed by atoms with Crippen LogP contribution in [0.5, 0.6) is 0 Å². The first-order chi connectivity index (χ1) is 20.3. The summed E-state index contributed by atoms with van der Waals surface area (Å²) in [6.45, 7) is 7.42. The number of ether oxygens (including phenoxy) is 3. The van der Waals surface area contributed by atoms with Crippen LogP contribution in [0.2, 0.25) is 0 Å². The summed E-state index contributed by atoms with van der Waals surface area (Å²) in [5.41, 5.74) is 1.87. The van der Waals surface area contributed by atoms with Gasteiger partial charge >= 0.3 is 18.2 Å². The molecule has 0 N–H and O–H groups in total. The maximum Gasteiger partial charge on any atom is 0.410 e. The molecule has 0 saturated carbocycles. The van der Waals surface area contributed by atoms with Crippen LogP contribution in [0.1, 0.15) is 64.0 Å². The zero-order valence-corrected chi connectivity index (χ0v) is 25.2. The second-order valence-electron chi connectivity index (χ2n) is 10.9. The molecule has 2 amide bonds. The molecule has 0 bridgehead atoms. The minimum absolute atomic E-state index is 0.0791. The van der Waals surface area contributed by atoms with E-state index >= 15 is 0 Å². The number of Topliss-reactive ketones (excluding diaryl/α,β-unsaturated/α-hetero) is 1. The molecule has 42 heavy (non-hydrogen) atoms. The van der Waals surface area contributed by atoms with Gasteiger partial charge in [-0.3, -0.25) is 14.6 Å². The number of esters is 1. The molecule has 2 aliphatic heterocycles. The average Bonchev–Trinajstić information content (AvgIpc) is 3.02. The van der Waals surface area contributed by atoms with Gasteiger partial charge in [-0.15, -0.1) is 0 Å². The van der Waals surface area contributed by atoms with Crippen molar-refractivity contribution in [3.8, 4) is 0 Å². The number of piperidine rings is 2. The molecule has 2 aromatic rings. The van der Waals surface area contributed by atoms with Gasteiger partial charge < -0.3 is 14.2 Å².